The predicted octanol–water partition coefficient (Wildman–Crippen LogP) is -0.923. The van der Waals surface area contributed by atoms with Gasteiger partial charge in [-0.3, -0.25) is 0 Å². The number of rotatable bonds is 4. The van der Waals surface area contributed by atoms with Gasteiger partial charge in [0.05, 0.1) is 18.6 Å². The molecule has 100 valence electrons. The summed E-state index contributed by atoms with van der Waals surface area (Å²) >= 11 is 0. The van der Waals surface area contributed by atoms with Crippen molar-refractivity contribution in [2.75, 3.05) is 25.2 Å². The highest BCUT2D eigenvalue weighted by molar-refractivity contribution is 7.91. The van der Waals surface area contributed by atoms with E-state index in [1.807, 2.05) is 0 Å². The summed E-state index contributed by atoms with van der Waals surface area (Å²) in [4.78, 5) is 11.2. The van der Waals surface area contributed by atoms with Gasteiger partial charge < -0.3 is 15.2 Å². The Morgan fingerprint density at radius 1 is 1.47 bits per heavy atom. The van der Waals surface area contributed by atoms with Crippen molar-refractivity contribution in [2.45, 2.75) is 31.4 Å². The first-order chi connectivity index (χ1) is 7.77. The highest BCUT2D eigenvalue weighted by atomic mass is 32.2. The third kappa shape index (κ3) is 4.25. The van der Waals surface area contributed by atoms with Crippen LogP contribution in [0, 0.1) is 0 Å². The van der Waals surface area contributed by atoms with Gasteiger partial charge in [0.25, 0.3) is 0 Å². The van der Waals surface area contributed by atoms with Gasteiger partial charge in [-0.1, -0.05) is 0 Å². The van der Waals surface area contributed by atoms with Crippen molar-refractivity contribution in [1.29, 1.82) is 0 Å². The quantitative estimate of drug-likeness (QED) is 0.638. The molecule has 7 heteroatoms. The number of hydrogen-bond acceptors (Lipinski definition) is 6. The largest absolute Gasteiger partial charge is 0.467 e. The topological polar surface area (TPSA) is 92.7 Å². The molecule has 1 fully saturated rings. The number of carbonyl (C=O) groups is 1. The zero-order valence-electron chi connectivity index (χ0n) is 10.1. The van der Waals surface area contributed by atoms with Crippen molar-refractivity contribution in [3.05, 3.63) is 0 Å². The van der Waals surface area contributed by atoms with E-state index in [2.05, 4.69) is 10.1 Å². The maximum absolute atomic E-state index is 11.2. The summed E-state index contributed by atoms with van der Waals surface area (Å²) in [5.41, 5.74) is -1.58. The molecule has 0 amide bonds. The van der Waals surface area contributed by atoms with Crippen molar-refractivity contribution in [2.24, 2.45) is 0 Å². The number of sulfone groups is 1. The summed E-state index contributed by atoms with van der Waals surface area (Å²) < 4.78 is 26.9. The zero-order chi connectivity index (χ0) is 13.1. The molecule has 0 aromatic rings. The van der Waals surface area contributed by atoms with E-state index in [1.165, 1.54) is 14.0 Å². The molecule has 1 rings (SSSR count). The second-order valence-corrected chi connectivity index (χ2v) is 6.88. The number of esters is 1. The van der Waals surface area contributed by atoms with Gasteiger partial charge in [0.2, 0.25) is 0 Å². The van der Waals surface area contributed by atoms with E-state index in [1.54, 1.807) is 0 Å². The van der Waals surface area contributed by atoms with Crippen molar-refractivity contribution in [3.8, 4) is 0 Å². The standard InChI is InChI=1S/C10H19NO5S/c1-10(13,9(12)16-2)7-11-8-3-5-17(14,15)6-4-8/h8,11,13H,3-7H2,1-2H3. The number of carbonyl (C=O) groups excluding carboxylic acids is 1. The minimum absolute atomic E-state index is 0.0228. The van der Waals surface area contributed by atoms with Gasteiger partial charge in [0.15, 0.2) is 5.60 Å². The number of aliphatic hydroxyl groups is 1. The lowest BCUT2D eigenvalue weighted by Gasteiger charge is -2.27. The molecule has 2 N–H and O–H groups in total. The first-order valence-corrected chi connectivity index (χ1v) is 7.33. The Hall–Kier alpha value is -0.660. The molecule has 1 heterocycles. The van der Waals surface area contributed by atoms with Crippen molar-refractivity contribution >= 4 is 15.8 Å². The second kappa shape index (κ2) is 5.32. The summed E-state index contributed by atoms with van der Waals surface area (Å²) in [6, 6.07) is 0.0228. The molecule has 0 spiro atoms. The molecule has 0 radical (unpaired) electrons. The maximum atomic E-state index is 11.2. The normalized spacial score (nSPS) is 23.9. The molecule has 1 unspecified atom stereocenters. The third-order valence-corrected chi connectivity index (χ3v) is 4.63. The van der Waals surface area contributed by atoms with E-state index in [4.69, 9.17) is 0 Å². The van der Waals surface area contributed by atoms with E-state index >= 15 is 0 Å². The molecule has 0 bridgehead atoms. The van der Waals surface area contributed by atoms with Crippen LogP contribution in [0.2, 0.25) is 0 Å². The maximum Gasteiger partial charge on any atom is 0.338 e. The lowest BCUT2D eigenvalue weighted by atomic mass is 10.1. The van der Waals surface area contributed by atoms with Crippen LogP contribution in [-0.4, -0.2) is 56.3 Å². The second-order valence-electron chi connectivity index (χ2n) is 4.57. The van der Waals surface area contributed by atoms with E-state index in [9.17, 15) is 18.3 Å². The molecule has 1 saturated heterocycles. The summed E-state index contributed by atoms with van der Waals surface area (Å²) in [6.45, 7) is 1.43. The Morgan fingerprint density at radius 2 is 2.00 bits per heavy atom. The number of ether oxygens (including phenoxy) is 1. The minimum atomic E-state index is -2.88. The molecule has 6 nitrogen and oxygen atoms in total. The van der Waals surface area contributed by atoms with Crippen molar-refractivity contribution < 1.29 is 23.1 Å². The first kappa shape index (κ1) is 14.4. The monoisotopic (exact) mass is 265 g/mol. The average molecular weight is 265 g/mol. The molecular formula is C10H19NO5S. The smallest absolute Gasteiger partial charge is 0.338 e. The fourth-order valence-corrected chi connectivity index (χ4v) is 3.22. The van der Waals surface area contributed by atoms with Gasteiger partial charge in [0, 0.05) is 12.6 Å². The molecule has 0 aromatic heterocycles. The Kier molecular flexibility index (Phi) is 4.51. The lowest BCUT2D eigenvalue weighted by Crippen LogP contribution is -2.49. The van der Waals surface area contributed by atoms with Crippen LogP contribution in [0.1, 0.15) is 19.8 Å². The van der Waals surface area contributed by atoms with E-state index < -0.39 is 21.4 Å². The van der Waals surface area contributed by atoms with Gasteiger partial charge in [-0.05, 0) is 19.8 Å². The first-order valence-electron chi connectivity index (χ1n) is 5.51. The van der Waals surface area contributed by atoms with Gasteiger partial charge in [-0.15, -0.1) is 0 Å². The average Bonchev–Trinajstić information content (AvgIpc) is 2.26. The number of methoxy groups -OCH3 is 1. The molecule has 17 heavy (non-hydrogen) atoms. The van der Waals surface area contributed by atoms with Crippen LogP contribution in [0.4, 0.5) is 0 Å². The summed E-state index contributed by atoms with van der Waals surface area (Å²) in [7, 11) is -1.67. The molecule has 1 atom stereocenters. The van der Waals surface area contributed by atoms with Crippen LogP contribution < -0.4 is 5.32 Å². The van der Waals surface area contributed by atoms with Crippen LogP contribution in [0.15, 0.2) is 0 Å². The molecule has 1 aliphatic heterocycles. The summed E-state index contributed by atoms with van der Waals surface area (Å²) in [5, 5.41) is 12.8. The number of hydrogen-bond donors (Lipinski definition) is 2. The van der Waals surface area contributed by atoms with Crippen molar-refractivity contribution in [1.82, 2.24) is 5.32 Å². The van der Waals surface area contributed by atoms with Gasteiger partial charge in [-0.2, -0.15) is 0 Å². The van der Waals surface area contributed by atoms with Crippen LogP contribution >= 0.6 is 0 Å². The van der Waals surface area contributed by atoms with Gasteiger partial charge >= 0.3 is 5.97 Å². The molecule has 0 aliphatic carbocycles. The molecular weight excluding hydrogens is 246 g/mol. The summed E-state index contributed by atoms with van der Waals surface area (Å²) in [6.07, 6.45) is 1.03. The van der Waals surface area contributed by atoms with Gasteiger partial charge in [0.1, 0.15) is 9.84 Å². The lowest BCUT2D eigenvalue weighted by molar-refractivity contribution is -0.160. The Morgan fingerprint density at radius 3 is 2.47 bits per heavy atom. The van der Waals surface area contributed by atoms with Crippen LogP contribution in [-0.2, 0) is 19.4 Å². The number of nitrogens with one attached hydrogen (secondary N) is 1. The third-order valence-electron chi connectivity index (χ3n) is 2.91. The van der Waals surface area contributed by atoms with Crippen molar-refractivity contribution in [3.63, 3.8) is 0 Å². The van der Waals surface area contributed by atoms with E-state index in [-0.39, 0.29) is 24.1 Å². The Bertz CT molecular complexity index is 362. The van der Waals surface area contributed by atoms with Crippen LogP contribution in [0.3, 0.4) is 0 Å². The summed E-state index contributed by atoms with van der Waals surface area (Å²) in [5.74, 6) is -0.385. The molecule has 0 aromatic carbocycles. The predicted molar refractivity (Wildman–Crippen MR) is 62.3 cm³/mol. The highest BCUT2D eigenvalue weighted by Gasteiger charge is 2.33. The zero-order valence-corrected chi connectivity index (χ0v) is 10.9. The molecule has 1 aliphatic rings. The Labute approximate surface area is 101 Å². The fraction of sp³-hybridized carbons (Fsp3) is 0.900. The molecule has 0 saturated carbocycles. The highest BCUT2D eigenvalue weighted by Crippen LogP contribution is 2.13. The van der Waals surface area contributed by atoms with Gasteiger partial charge in [-0.25, -0.2) is 13.2 Å². The van der Waals surface area contributed by atoms with Crippen LogP contribution in [0.25, 0.3) is 0 Å². The van der Waals surface area contributed by atoms with Crippen LogP contribution in [0.5, 0.6) is 0 Å². The van der Waals surface area contributed by atoms with E-state index in [0.29, 0.717) is 12.8 Å². The Balaban J connectivity index is 2.40. The minimum Gasteiger partial charge on any atom is -0.467 e. The fourth-order valence-electron chi connectivity index (χ4n) is 1.73. The SMILES string of the molecule is COC(=O)C(C)(O)CNC1CCS(=O)(=O)CC1. The van der Waals surface area contributed by atoms with E-state index in [0.717, 1.165) is 0 Å².